The quantitative estimate of drug-likeness (QED) is 0.843. The van der Waals surface area contributed by atoms with Crippen LogP contribution in [0.25, 0.3) is 0 Å². The Labute approximate surface area is 131 Å². The monoisotopic (exact) mass is 304 g/mol. The van der Waals surface area contributed by atoms with Gasteiger partial charge in [0.15, 0.2) is 0 Å². The second-order valence-electron chi connectivity index (χ2n) is 5.37. The van der Waals surface area contributed by atoms with Gasteiger partial charge in [0.25, 0.3) is 0 Å². The van der Waals surface area contributed by atoms with Crippen molar-refractivity contribution in [2.24, 2.45) is 5.73 Å². The third-order valence-electron chi connectivity index (χ3n) is 3.40. The van der Waals surface area contributed by atoms with Gasteiger partial charge in [0.05, 0.1) is 17.3 Å². The fourth-order valence-electron chi connectivity index (χ4n) is 2.23. The molecule has 2 aromatic rings. The number of hydrogen-bond acceptors (Lipinski definition) is 4. The van der Waals surface area contributed by atoms with Crippen LogP contribution in [0.5, 0.6) is 5.75 Å². The molecule has 4 heteroatoms. The van der Waals surface area contributed by atoms with Crippen molar-refractivity contribution in [2.75, 3.05) is 6.61 Å². The minimum atomic E-state index is 0.427. The van der Waals surface area contributed by atoms with Crippen molar-refractivity contribution in [2.45, 2.75) is 46.1 Å². The topological polar surface area (TPSA) is 48.1 Å². The molecule has 0 bridgehead atoms. The van der Waals surface area contributed by atoms with Crippen molar-refractivity contribution in [1.29, 1.82) is 0 Å². The van der Waals surface area contributed by atoms with Crippen LogP contribution >= 0.6 is 11.3 Å². The average molecular weight is 304 g/mol. The van der Waals surface area contributed by atoms with Crippen molar-refractivity contribution in [3.05, 3.63) is 45.4 Å². The van der Waals surface area contributed by atoms with Crippen LogP contribution in [0, 0.1) is 0 Å². The molecule has 2 N–H and O–H groups in total. The van der Waals surface area contributed by atoms with Crippen molar-refractivity contribution in [3.63, 3.8) is 0 Å². The lowest BCUT2D eigenvalue weighted by molar-refractivity contribution is 0.321. The van der Waals surface area contributed by atoms with E-state index in [0.717, 1.165) is 29.3 Å². The third kappa shape index (κ3) is 4.29. The fraction of sp³-hybridized carbons (Fsp3) is 0.471. The molecule has 0 unspecified atom stereocenters. The SMILES string of the molecule is CCc1cccc(OCCc2nc(C(C)C)c(CN)s2)c1. The highest BCUT2D eigenvalue weighted by Gasteiger charge is 2.12. The van der Waals surface area contributed by atoms with E-state index in [-0.39, 0.29) is 0 Å². The molecule has 3 nitrogen and oxygen atoms in total. The molecule has 1 heterocycles. The van der Waals surface area contributed by atoms with Gasteiger partial charge in [-0.25, -0.2) is 4.98 Å². The Bertz CT molecular complexity index is 578. The maximum atomic E-state index is 5.83. The predicted octanol–water partition coefficient (Wildman–Crippen LogP) is 3.91. The van der Waals surface area contributed by atoms with Gasteiger partial charge in [0.1, 0.15) is 5.75 Å². The number of rotatable bonds is 7. The number of nitrogens with zero attached hydrogens (tertiary/aromatic N) is 1. The Hall–Kier alpha value is -1.39. The smallest absolute Gasteiger partial charge is 0.119 e. The first kappa shape index (κ1) is 16.0. The van der Waals surface area contributed by atoms with E-state index in [1.807, 2.05) is 12.1 Å². The van der Waals surface area contributed by atoms with E-state index in [1.54, 1.807) is 11.3 Å². The van der Waals surface area contributed by atoms with E-state index >= 15 is 0 Å². The second-order valence-corrected chi connectivity index (χ2v) is 6.54. The van der Waals surface area contributed by atoms with E-state index in [9.17, 15) is 0 Å². The highest BCUT2D eigenvalue weighted by atomic mass is 32.1. The lowest BCUT2D eigenvalue weighted by atomic mass is 10.1. The first-order valence-electron chi connectivity index (χ1n) is 7.54. The molecule has 0 radical (unpaired) electrons. The standard InChI is InChI=1S/C17H24N2OS/c1-4-13-6-5-7-14(10-13)20-9-8-16-19-17(12(2)3)15(11-18)21-16/h5-7,10,12H,4,8-9,11,18H2,1-3H3. The highest BCUT2D eigenvalue weighted by Crippen LogP contribution is 2.25. The van der Waals surface area contributed by atoms with Crippen molar-refractivity contribution < 1.29 is 4.74 Å². The highest BCUT2D eigenvalue weighted by molar-refractivity contribution is 7.11. The van der Waals surface area contributed by atoms with E-state index in [2.05, 4.69) is 32.9 Å². The number of aryl methyl sites for hydroxylation is 1. The molecule has 0 aliphatic rings. The summed E-state index contributed by atoms with van der Waals surface area (Å²) in [5, 5.41) is 1.12. The minimum Gasteiger partial charge on any atom is -0.493 e. The molecule has 0 atom stereocenters. The van der Waals surface area contributed by atoms with Crippen molar-refractivity contribution in [1.82, 2.24) is 4.98 Å². The van der Waals surface area contributed by atoms with Crippen molar-refractivity contribution >= 4 is 11.3 Å². The summed E-state index contributed by atoms with van der Waals surface area (Å²) in [6.07, 6.45) is 1.86. The largest absolute Gasteiger partial charge is 0.493 e. The van der Waals surface area contributed by atoms with E-state index in [0.29, 0.717) is 19.1 Å². The van der Waals surface area contributed by atoms with Crippen LogP contribution in [0.1, 0.15) is 47.8 Å². The number of thiazole rings is 1. The van der Waals surface area contributed by atoms with Crippen LogP contribution < -0.4 is 10.5 Å². The van der Waals surface area contributed by atoms with E-state index in [4.69, 9.17) is 15.5 Å². The molecule has 0 spiro atoms. The van der Waals surface area contributed by atoms with Gasteiger partial charge in [0, 0.05) is 17.8 Å². The molecule has 0 aliphatic carbocycles. The number of nitrogens with two attached hydrogens (primary N) is 1. The van der Waals surface area contributed by atoms with Gasteiger partial charge in [-0.2, -0.15) is 0 Å². The fourth-order valence-corrected chi connectivity index (χ4v) is 3.31. The maximum Gasteiger partial charge on any atom is 0.119 e. The van der Waals surface area contributed by atoms with Crippen LogP contribution in [-0.4, -0.2) is 11.6 Å². The van der Waals surface area contributed by atoms with Gasteiger partial charge in [-0.15, -0.1) is 11.3 Å². The molecular weight excluding hydrogens is 280 g/mol. The van der Waals surface area contributed by atoms with Gasteiger partial charge in [0.2, 0.25) is 0 Å². The average Bonchev–Trinajstić information content (AvgIpc) is 2.91. The Balaban J connectivity index is 1.94. The molecule has 1 aromatic carbocycles. The second kappa shape index (κ2) is 7.57. The van der Waals surface area contributed by atoms with E-state index < -0.39 is 0 Å². The van der Waals surface area contributed by atoms with Gasteiger partial charge >= 0.3 is 0 Å². The van der Waals surface area contributed by atoms with Gasteiger partial charge in [-0.3, -0.25) is 0 Å². The number of aromatic nitrogens is 1. The summed E-state index contributed by atoms with van der Waals surface area (Å²) in [6, 6.07) is 8.27. The molecule has 2 rings (SSSR count). The summed E-state index contributed by atoms with van der Waals surface area (Å²) in [4.78, 5) is 5.91. The number of ether oxygens (including phenoxy) is 1. The zero-order valence-electron chi connectivity index (χ0n) is 13.1. The molecule has 0 aliphatic heterocycles. The van der Waals surface area contributed by atoms with Crippen LogP contribution in [0.2, 0.25) is 0 Å². The van der Waals surface area contributed by atoms with Crippen LogP contribution in [0.3, 0.4) is 0 Å². The Morgan fingerprint density at radius 3 is 2.76 bits per heavy atom. The Morgan fingerprint density at radius 1 is 1.33 bits per heavy atom. The molecule has 21 heavy (non-hydrogen) atoms. The molecule has 114 valence electrons. The molecule has 0 saturated heterocycles. The summed E-state index contributed by atoms with van der Waals surface area (Å²) in [6.45, 7) is 7.69. The molecule has 0 fully saturated rings. The summed E-state index contributed by atoms with van der Waals surface area (Å²) in [5.74, 6) is 1.37. The summed E-state index contributed by atoms with van der Waals surface area (Å²) >= 11 is 1.71. The summed E-state index contributed by atoms with van der Waals surface area (Å²) < 4.78 is 5.83. The third-order valence-corrected chi connectivity index (χ3v) is 4.55. The Kier molecular flexibility index (Phi) is 5.76. The zero-order valence-corrected chi connectivity index (χ0v) is 13.9. The van der Waals surface area contributed by atoms with Crippen LogP contribution in [0.4, 0.5) is 0 Å². The first-order valence-corrected chi connectivity index (χ1v) is 8.36. The first-order chi connectivity index (χ1) is 10.1. The lowest BCUT2D eigenvalue weighted by Crippen LogP contribution is -2.02. The summed E-state index contributed by atoms with van der Waals surface area (Å²) in [7, 11) is 0. The van der Waals surface area contributed by atoms with Crippen LogP contribution in [0.15, 0.2) is 24.3 Å². The minimum absolute atomic E-state index is 0.427. The van der Waals surface area contributed by atoms with Crippen LogP contribution in [-0.2, 0) is 19.4 Å². The van der Waals surface area contributed by atoms with Crippen molar-refractivity contribution in [3.8, 4) is 5.75 Å². The number of benzene rings is 1. The van der Waals surface area contributed by atoms with Gasteiger partial charge < -0.3 is 10.5 Å². The lowest BCUT2D eigenvalue weighted by Gasteiger charge is -2.06. The summed E-state index contributed by atoms with van der Waals surface area (Å²) in [5.41, 5.74) is 8.24. The predicted molar refractivity (Wildman–Crippen MR) is 89.1 cm³/mol. The molecular formula is C17H24N2OS. The number of hydrogen-bond donors (Lipinski definition) is 1. The normalized spacial score (nSPS) is 11.1. The van der Waals surface area contributed by atoms with E-state index in [1.165, 1.54) is 10.4 Å². The zero-order chi connectivity index (χ0) is 15.2. The Morgan fingerprint density at radius 2 is 2.14 bits per heavy atom. The molecule has 0 amide bonds. The van der Waals surface area contributed by atoms with Gasteiger partial charge in [-0.1, -0.05) is 32.9 Å². The molecule has 1 aromatic heterocycles. The maximum absolute atomic E-state index is 5.83. The van der Waals surface area contributed by atoms with Gasteiger partial charge in [-0.05, 0) is 30.0 Å². The molecule has 0 saturated carbocycles.